The number of nitrogen functional groups attached to an aromatic ring is 1. The number of methoxy groups -OCH3 is 2. The lowest BCUT2D eigenvalue weighted by Crippen LogP contribution is -2.40. The van der Waals surface area contributed by atoms with Gasteiger partial charge in [0.1, 0.15) is 0 Å². The molecule has 1 aliphatic heterocycles. The number of carbonyl (C=O) groups excluding carboxylic acids is 1. The van der Waals surface area contributed by atoms with Crippen LogP contribution in [0.3, 0.4) is 0 Å². The number of hydrogen-bond donors (Lipinski definition) is 1. The maximum absolute atomic E-state index is 12.5. The van der Waals surface area contributed by atoms with E-state index < -0.39 is 0 Å². The van der Waals surface area contributed by atoms with E-state index in [2.05, 4.69) is 0 Å². The van der Waals surface area contributed by atoms with Crippen LogP contribution >= 0.6 is 0 Å². The number of hydrogen-bond acceptors (Lipinski definition) is 5. The van der Waals surface area contributed by atoms with Gasteiger partial charge in [0.25, 0.3) is 5.91 Å². The molecule has 6 nitrogen and oxygen atoms in total. The van der Waals surface area contributed by atoms with Gasteiger partial charge in [0.2, 0.25) is 0 Å². The van der Waals surface area contributed by atoms with Gasteiger partial charge in [-0.15, -0.1) is 0 Å². The van der Waals surface area contributed by atoms with E-state index in [1.807, 2.05) is 0 Å². The van der Waals surface area contributed by atoms with Gasteiger partial charge in [-0.1, -0.05) is 0 Å². The molecule has 0 radical (unpaired) electrons. The van der Waals surface area contributed by atoms with Crippen molar-refractivity contribution >= 4 is 11.6 Å². The van der Waals surface area contributed by atoms with Crippen LogP contribution < -0.4 is 15.2 Å². The second-order valence-electron chi connectivity index (χ2n) is 4.21. The molecule has 6 heteroatoms. The van der Waals surface area contributed by atoms with Crippen LogP contribution in [0.5, 0.6) is 11.5 Å². The maximum Gasteiger partial charge on any atom is 0.258 e. The Labute approximate surface area is 112 Å². The van der Waals surface area contributed by atoms with Crippen molar-refractivity contribution in [3.63, 3.8) is 0 Å². The Kier molecular flexibility index (Phi) is 4.11. The fraction of sp³-hybridized carbons (Fsp3) is 0.462. The van der Waals surface area contributed by atoms with Gasteiger partial charge in [0.05, 0.1) is 33.0 Å². The molecule has 0 bridgehead atoms. The van der Waals surface area contributed by atoms with E-state index in [9.17, 15) is 4.79 Å². The highest BCUT2D eigenvalue weighted by atomic mass is 16.5. The summed E-state index contributed by atoms with van der Waals surface area (Å²) in [6.07, 6.45) is 0. The Morgan fingerprint density at radius 1 is 1.26 bits per heavy atom. The highest BCUT2D eigenvalue weighted by Gasteiger charge is 2.24. The molecule has 0 atom stereocenters. The minimum absolute atomic E-state index is 0.120. The van der Waals surface area contributed by atoms with Gasteiger partial charge in [-0.05, 0) is 6.07 Å². The summed E-state index contributed by atoms with van der Waals surface area (Å²) >= 11 is 0. The molecule has 0 aliphatic carbocycles. The fourth-order valence-corrected chi connectivity index (χ4v) is 2.08. The summed E-state index contributed by atoms with van der Waals surface area (Å²) in [5, 5.41) is 0. The Balaban J connectivity index is 2.36. The zero-order valence-corrected chi connectivity index (χ0v) is 11.1. The van der Waals surface area contributed by atoms with E-state index in [-0.39, 0.29) is 5.91 Å². The van der Waals surface area contributed by atoms with Gasteiger partial charge in [-0.3, -0.25) is 4.79 Å². The third kappa shape index (κ3) is 2.73. The summed E-state index contributed by atoms with van der Waals surface area (Å²) in [7, 11) is 3.02. The topological polar surface area (TPSA) is 74.0 Å². The van der Waals surface area contributed by atoms with Crippen molar-refractivity contribution in [1.82, 2.24) is 4.90 Å². The summed E-state index contributed by atoms with van der Waals surface area (Å²) < 4.78 is 15.7. The van der Waals surface area contributed by atoms with Crippen LogP contribution in [0.25, 0.3) is 0 Å². The Morgan fingerprint density at radius 3 is 2.53 bits per heavy atom. The zero-order chi connectivity index (χ0) is 13.8. The number of nitrogens with two attached hydrogens (primary N) is 1. The van der Waals surface area contributed by atoms with Gasteiger partial charge in [0, 0.05) is 24.8 Å². The van der Waals surface area contributed by atoms with E-state index in [0.29, 0.717) is 49.1 Å². The summed E-state index contributed by atoms with van der Waals surface area (Å²) in [5.41, 5.74) is 6.68. The molecule has 104 valence electrons. The quantitative estimate of drug-likeness (QED) is 0.817. The number of anilines is 1. The monoisotopic (exact) mass is 266 g/mol. The number of rotatable bonds is 3. The lowest BCUT2D eigenvalue weighted by molar-refractivity contribution is 0.0300. The van der Waals surface area contributed by atoms with Gasteiger partial charge in [-0.2, -0.15) is 0 Å². The highest BCUT2D eigenvalue weighted by molar-refractivity contribution is 5.99. The Morgan fingerprint density at radius 2 is 1.95 bits per heavy atom. The van der Waals surface area contributed by atoms with E-state index in [1.165, 1.54) is 14.2 Å². The van der Waals surface area contributed by atoms with Crippen molar-refractivity contribution in [2.75, 3.05) is 46.3 Å². The van der Waals surface area contributed by atoms with Gasteiger partial charge < -0.3 is 24.8 Å². The molecule has 2 N–H and O–H groups in total. The first-order valence-electron chi connectivity index (χ1n) is 6.06. The molecule has 2 rings (SSSR count). The fourth-order valence-electron chi connectivity index (χ4n) is 2.08. The van der Waals surface area contributed by atoms with Gasteiger partial charge in [0.15, 0.2) is 11.5 Å². The molecule has 1 aromatic rings. The van der Waals surface area contributed by atoms with Crippen molar-refractivity contribution in [2.45, 2.75) is 0 Å². The molecule has 0 spiro atoms. The summed E-state index contributed by atoms with van der Waals surface area (Å²) in [4.78, 5) is 14.2. The van der Waals surface area contributed by atoms with Crippen molar-refractivity contribution in [3.05, 3.63) is 17.7 Å². The standard InChI is InChI=1S/C13H18N2O4/c1-17-11-8-9(14)7-10(12(11)18-2)13(16)15-3-5-19-6-4-15/h7-8H,3-6,14H2,1-2H3. The summed E-state index contributed by atoms with van der Waals surface area (Å²) in [5.74, 6) is 0.748. The van der Waals surface area contributed by atoms with Crippen LogP contribution in [0, 0.1) is 0 Å². The predicted molar refractivity (Wildman–Crippen MR) is 70.7 cm³/mol. The minimum atomic E-state index is -0.120. The van der Waals surface area contributed by atoms with E-state index >= 15 is 0 Å². The molecule has 1 aliphatic rings. The normalized spacial score (nSPS) is 15.2. The van der Waals surface area contributed by atoms with E-state index in [4.69, 9.17) is 19.9 Å². The molecule has 1 fully saturated rings. The molecular formula is C13H18N2O4. The van der Waals surface area contributed by atoms with Crippen LogP contribution in [0.1, 0.15) is 10.4 Å². The predicted octanol–water partition coefficient (Wildman–Crippen LogP) is 0.758. The van der Waals surface area contributed by atoms with Crippen LogP contribution in [0.4, 0.5) is 5.69 Å². The van der Waals surface area contributed by atoms with Crippen molar-refractivity contribution in [1.29, 1.82) is 0 Å². The first-order chi connectivity index (χ1) is 9.17. The van der Waals surface area contributed by atoms with E-state index in [1.54, 1.807) is 17.0 Å². The molecular weight excluding hydrogens is 248 g/mol. The average Bonchev–Trinajstić information content (AvgIpc) is 2.46. The average molecular weight is 266 g/mol. The van der Waals surface area contributed by atoms with Crippen molar-refractivity contribution < 1.29 is 19.0 Å². The Hall–Kier alpha value is -1.95. The molecule has 1 saturated heterocycles. The SMILES string of the molecule is COc1cc(N)cc(C(=O)N2CCOCC2)c1OC. The number of amides is 1. The molecule has 1 heterocycles. The van der Waals surface area contributed by atoms with Crippen LogP contribution in [0.2, 0.25) is 0 Å². The highest BCUT2D eigenvalue weighted by Crippen LogP contribution is 2.34. The number of carbonyl (C=O) groups is 1. The maximum atomic E-state index is 12.5. The first-order valence-corrected chi connectivity index (χ1v) is 6.06. The minimum Gasteiger partial charge on any atom is -0.493 e. The molecule has 0 unspecified atom stereocenters. The van der Waals surface area contributed by atoms with Crippen molar-refractivity contribution in [3.8, 4) is 11.5 Å². The number of morpholine rings is 1. The number of ether oxygens (including phenoxy) is 3. The van der Waals surface area contributed by atoms with Gasteiger partial charge in [-0.25, -0.2) is 0 Å². The molecule has 1 amide bonds. The van der Waals surface area contributed by atoms with E-state index in [0.717, 1.165) is 0 Å². The largest absolute Gasteiger partial charge is 0.493 e. The molecule has 0 aromatic heterocycles. The smallest absolute Gasteiger partial charge is 0.258 e. The lowest BCUT2D eigenvalue weighted by Gasteiger charge is -2.27. The summed E-state index contributed by atoms with van der Waals surface area (Å²) in [6, 6.07) is 3.24. The Bertz CT molecular complexity index is 470. The third-order valence-electron chi connectivity index (χ3n) is 3.03. The molecule has 0 saturated carbocycles. The second kappa shape index (κ2) is 5.79. The van der Waals surface area contributed by atoms with Crippen LogP contribution in [0.15, 0.2) is 12.1 Å². The number of nitrogens with zero attached hydrogens (tertiary/aromatic N) is 1. The lowest BCUT2D eigenvalue weighted by atomic mass is 10.1. The van der Waals surface area contributed by atoms with Gasteiger partial charge >= 0.3 is 0 Å². The number of benzene rings is 1. The third-order valence-corrected chi connectivity index (χ3v) is 3.03. The van der Waals surface area contributed by atoms with Crippen LogP contribution in [-0.4, -0.2) is 51.3 Å². The van der Waals surface area contributed by atoms with Crippen LogP contribution in [-0.2, 0) is 4.74 Å². The zero-order valence-electron chi connectivity index (χ0n) is 11.1. The molecule has 1 aromatic carbocycles. The first kappa shape index (κ1) is 13.5. The second-order valence-corrected chi connectivity index (χ2v) is 4.21. The van der Waals surface area contributed by atoms with Crippen molar-refractivity contribution in [2.24, 2.45) is 0 Å². The summed E-state index contributed by atoms with van der Waals surface area (Å²) in [6.45, 7) is 2.24. The molecule has 19 heavy (non-hydrogen) atoms.